The van der Waals surface area contributed by atoms with Gasteiger partial charge >= 0.3 is 0 Å². The molecule has 41 heavy (non-hydrogen) atoms. The number of carbonyl (C=O) groups excluding carboxylic acids is 4. The summed E-state index contributed by atoms with van der Waals surface area (Å²) in [5.74, 6) is 0.337. The maximum absolute atomic E-state index is 11.5. The monoisotopic (exact) mass is 572 g/mol. The zero-order valence-corrected chi connectivity index (χ0v) is 26.0. The van der Waals surface area contributed by atoms with Gasteiger partial charge in [0.1, 0.15) is 11.5 Å². The van der Waals surface area contributed by atoms with Crippen molar-refractivity contribution in [3.63, 3.8) is 0 Å². The normalized spacial score (nSPS) is 9.46. The van der Waals surface area contributed by atoms with Crippen LogP contribution in [0.15, 0.2) is 48.5 Å². The van der Waals surface area contributed by atoms with E-state index in [1.807, 2.05) is 64.1 Å². The average molecular weight is 573 g/mol. The molecule has 0 aliphatic carbocycles. The van der Waals surface area contributed by atoms with Crippen LogP contribution in [-0.4, -0.2) is 54.8 Å². The predicted octanol–water partition coefficient (Wildman–Crippen LogP) is 4.66. The smallest absolute Gasteiger partial charge is 0.251 e. The highest BCUT2D eigenvalue weighted by Crippen LogP contribution is 2.07. The van der Waals surface area contributed by atoms with Crippen molar-refractivity contribution in [2.24, 2.45) is 0 Å². The molecule has 0 saturated heterocycles. The fraction of sp³-hybridized carbons (Fsp3) is 0.500. The van der Waals surface area contributed by atoms with E-state index in [-0.39, 0.29) is 24.1 Å². The predicted molar refractivity (Wildman–Crippen MR) is 167 cm³/mol. The summed E-state index contributed by atoms with van der Waals surface area (Å²) >= 11 is 0. The van der Waals surface area contributed by atoms with E-state index < -0.39 is 0 Å². The van der Waals surface area contributed by atoms with E-state index in [1.165, 1.54) is 11.1 Å². The maximum Gasteiger partial charge on any atom is 0.251 e. The van der Waals surface area contributed by atoms with Crippen LogP contribution in [0.25, 0.3) is 0 Å². The van der Waals surface area contributed by atoms with Gasteiger partial charge in [-0.25, -0.2) is 0 Å². The lowest BCUT2D eigenvalue weighted by Gasteiger charge is -2.08. The standard InChI is InChI=1S/C13H20N2O.C10H18N2O3.C7H8O.C2H6/c1-4-14-13(16)12-7-5-11(6-8-12)9-15-10(2)3;1-9(14)5-3-2-4-6-12-10(15)7-11-8-13;1-6-2-4-7(8)5-3-6;1-2/h5-8,10,15H,4,9H2,1-3H3,(H,14,16);8H,2-7H2,1H3,(H,11,13)(H,12,15);2-5,8H,1H3;1-2H3. The summed E-state index contributed by atoms with van der Waals surface area (Å²) in [5.41, 5.74) is 3.08. The Labute approximate surface area is 246 Å². The Morgan fingerprint density at radius 2 is 1.51 bits per heavy atom. The van der Waals surface area contributed by atoms with Gasteiger partial charge in [-0.15, -0.1) is 0 Å². The van der Waals surface area contributed by atoms with Gasteiger partial charge in [0, 0.05) is 37.7 Å². The van der Waals surface area contributed by atoms with Gasteiger partial charge in [-0.05, 0) is 63.4 Å². The first-order valence-electron chi connectivity index (χ1n) is 14.4. The summed E-state index contributed by atoms with van der Waals surface area (Å²) in [5, 5.41) is 19.8. The van der Waals surface area contributed by atoms with E-state index in [9.17, 15) is 19.2 Å². The van der Waals surface area contributed by atoms with Crippen molar-refractivity contribution in [3.8, 4) is 5.75 Å². The molecular formula is C32H52N4O5. The zero-order chi connectivity index (χ0) is 31.5. The second kappa shape index (κ2) is 26.5. The Bertz CT molecular complexity index is 940. The fourth-order valence-electron chi connectivity index (χ4n) is 3.00. The van der Waals surface area contributed by atoms with Crippen LogP contribution in [0, 0.1) is 6.92 Å². The van der Waals surface area contributed by atoms with Crippen LogP contribution in [-0.2, 0) is 20.9 Å². The molecule has 2 aromatic carbocycles. The van der Waals surface area contributed by atoms with Crippen LogP contribution in [0.4, 0.5) is 0 Å². The minimum absolute atomic E-state index is 0.00845. The first-order chi connectivity index (χ1) is 19.6. The Morgan fingerprint density at radius 1 is 0.902 bits per heavy atom. The van der Waals surface area contributed by atoms with Gasteiger partial charge < -0.3 is 31.2 Å². The van der Waals surface area contributed by atoms with Gasteiger partial charge in [0.25, 0.3) is 5.91 Å². The van der Waals surface area contributed by atoms with E-state index in [4.69, 9.17) is 5.11 Å². The number of aryl methyl sites for hydroxylation is 1. The number of ketones is 1. The lowest BCUT2D eigenvalue weighted by atomic mass is 10.1. The Hall–Kier alpha value is -3.72. The molecule has 0 spiro atoms. The Morgan fingerprint density at radius 3 is 2.00 bits per heavy atom. The summed E-state index contributed by atoms with van der Waals surface area (Å²) in [6.45, 7) is 15.8. The molecule has 0 aromatic heterocycles. The molecule has 0 fully saturated rings. The van der Waals surface area contributed by atoms with Crippen LogP contribution < -0.4 is 21.3 Å². The van der Waals surface area contributed by atoms with Crippen molar-refractivity contribution < 1.29 is 24.3 Å². The Kier molecular flexibility index (Phi) is 25.5. The van der Waals surface area contributed by atoms with Crippen LogP contribution in [0.1, 0.15) is 88.7 Å². The molecule has 9 nitrogen and oxygen atoms in total. The quantitative estimate of drug-likeness (QED) is 0.165. The van der Waals surface area contributed by atoms with Crippen molar-refractivity contribution in [2.45, 2.75) is 86.7 Å². The van der Waals surface area contributed by atoms with Crippen molar-refractivity contribution in [3.05, 3.63) is 65.2 Å². The number of amides is 3. The number of hydrogen-bond acceptors (Lipinski definition) is 6. The van der Waals surface area contributed by atoms with E-state index in [0.717, 1.165) is 31.4 Å². The summed E-state index contributed by atoms with van der Waals surface area (Å²) in [4.78, 5) is 42.9. The summed E-state index contributed by atoms with van der Waals surface area (Å²) in [7, 11) is 0. The molecule has 0 aliphatic heterocycles. The van der Waals surface area contributed by atoms with E-state index in [0.29, 0.717) is 37.7 Å². The van der Waals surface area contributed by atoms with Gasteiger partial charge in [0.15, 0.2) is 0 Å². The average Bonchev–Trinajstić information content (AvgIpc) is 2.96. The minimum Gasteiger partial charge on any atom is -0.508 e. The molecule has 9 heteroatoms. The number of nitrogens with one attached hydrogen (secondary N) is 4. The third kappa shape index (κ3) is 25.0. The van der Waals surface area contributed by atoms with Gasteiger partial charge in [-0.2, -0.15) is 0 Å². The molecule has 0 atom stereocenters. The number of carbonyl (C=O) groups is 4. The molecule has 2 aromatic rings. The molecular weight excluding hydrogens is 520 g/mol. The fourth-order valence-corrected chi connectivity index (χ4v) is 3.00. The number of phenols is 1. The summed E-state index contributed by atoms with van der Waals surface area (Å²) in [6, 6.07) is 15.3. The van der Waals surface area contributed by atoms with Crippen LogP contribution >= 0.6 is 0 Å². The zero-order valence-electron chi connectivity index (χ0n) is 26.0. The molecule has 230 valence electrons. The topological polar surface area (TPSA) is 137 Å². The molecule has 0 unspecified atom stereocenters. The molecule has 0 heterocycles. The van der Waals surface area contributed by atoms with Crippen molar-refractivity contribution in [2.75, 3.05) is 19.6 Å². The lowest BCUT2D eigenvalue weighted by Crippen LogP contribution is -2.33. The van der Waals surface area contributed by atoms with Crippen LogP contribution in [0.2, 0.25) is 0 Å². The van der Waals surface area contributed by atoms with Crippen LogP contribution in [0.5, 0.6) is 5.75 Å². The number of hydrogen-bond donors (Lipinski definition) is 5. The third-order valence-corrected chi connectivity index (χ3v) is 5.18. The highest BCUT2D eigenvalue weighted by Gasteiger charge is 2.03. The van der Waals surface area contributed by atoms with Gasteiger partial charge in [-0.3, -0.25) is 14.4 Å². The molecule has 3 amide bonds. The second-order valence-electron chi connectivity index (χ2n) is 9.29. The maximum atomic E-state index is 11.5. The van der Waals surface area contributed by atoms with Crippen molar-refractivity contribution >= 4 is 24.0 Å². The van der Waals surface area contributed by atoms with E-state index in [1.54, 1.807) is 19.1 Å². The molecule has 0 aliphatic rings. The molecule has 0 bridgehead atoms. The summed E-state index contributed by atoms with van der Waals surface area (Å²) in [6.07, 6.45) is 3.77. The molecule has 0 radical (unpaired) electrons. The van der Waals surface area contributed by atoms with Crippen molar-refractivity contribution in [1.82, 2.24) is 21.3 Å². The van der Waals surface area contributed by atoms with E-state index >= 15 is 0 Å². The lowest BCUT2D eigenvalue weighted by molar-refractivity contribution is -0.122. The highest BCUT2D eigenvalue weighted by atomic mass is 16.3. The number of aromatic hydroxyl groups is 1. The Balaban J connectivity index is 0. The van der Waals surface area contributed by atoms with Gasteiger partial charge in [-0.1, -0.05) is 63.9 Å². The van der Waals surface area contributed by atoms with Gasteiger partial charge in [0.2, 0.25) is 12.3 Å². The SMILES string of the molecule is CC.CC(=O)CCCCCNC(=O)CNC=O.CCNC(=O)c1ccc(CNC(C)C)cc1.Cc1ccc(O)cc1. The first-order valence-corrected chi connectivity index (χ1v) is 14.4. The first kappa shape index (κ1) is 39.4. The number of benzene rings is 2. The van der Waals surface area contributed by atoms with Crippen molar-refractivity contribution in [1.29, 1.82) is 0 Å². The molecule has 5 N–H and O–H groups in total. The molecule has 2 rings (SSSR count). The van der Waals surface area contributed by atoms with Gasteiger partial charge in [0.05, 0.1) is 6.54 Å². The van der Waals surface area contributed by atoms with Crippen LogP contribution in [0.3, 0.4) is 0 Å². The number of rotatable bonds is 14. The number of Topliss-reactive ketones (excluding diaryl/α,β-unsaturated/α-hetero) is 1. The largest absolute Gasteiger partial charge is 0.508 e. The second-order valence-corrected chi connectivity index (χ2v) is 9.29. The molecule has 0 saturated carbocycles. The number of unbranched alkanes of at least 4 members (excludes halogenated alkanes) is 2. The third-order valence-electron chi connectivity index (χ3n) is 5.18. The number of phenolic OH excluding ortho intramolecular Hbond substituents is 1. The van der Waals surface area contributed by atoms with E-state index in [2.05, 4.69) is 35.1 Å². The minimum atomic E-state index is -0.186. The highest BCUT2D eigenvalue weighted by molar-refractivity contribution is 5.94. The summed E-state index contributed by atoms with van der Waals surface area (Å²) < 4.78 is 0.